The Hall–Kier alpha value is -2.90. The molecular formula is C18H22N4O4. The van der Waals surface area contributed by atoms with E-state index in [-0.39, 0.29) is 23.6 Å². The smallest absolute Gasteiger partial charge is 0.236 e. The van der Waals surface area contributed by atoms with Crippen LogP contribution in [0.2, 0.25) is 0 Å². The van der Waals surface area contributed by atoms with Gasteiger partial charge in [-0.1, -0.05) is 0 Å². The number of hydrogen-bond acceptors (Lipinski definition) is 4. The van der Waals surface area contributed by atoms with Crippen molar-refractivity contribution in [2.45, 2.75) is 25.7 Å². The van der Waals surface area contributed by atoms with Crippen LogP contribution in [0.5, 0.6) is 0 Å². The predicted octanol–water partition coefficient (Wildman–Crippen LogP) is 0.616. The Morgan fingerprint density at radius 3 is 1.50 bits per heavy atom. The molecule has 0 spiro atoms. The minimum atomic E-state index is -0.673. The summed E-state index contributed by atoms with van der Waals surface area (Å²) in [6.07, 6.45) is 2.64. The topological polar surface area (TPSA) is 116 Å². The van der Waals surface area contributed by atoms with Crippen LogP contribution in [0.15, 0.2) is 24.3 Å². The fourth-order valence-electron chi connectivity index (χ4n) is 3.14. The molecule has 0 saturated carbocycles. The minimum absolute atomic E-state index is 0.247. The van der Waals surface area contributed by atoms with Crippen molar-refractivity contribution in [2.75, 3.05) is 23.7 Å². The van der Waals surface area contributed by atoms with Crippen molar-refractivity contribution in [3.05, 3.63) is 24.3 Å². The molecule has 4 N–H and O–H groups in total. The third kappa shape index (κ3) is 4.19. The van der Waals surface area contributed by atoms with Crippen LogP contribution in [0, 0.1) is 11.8 Å². The Morgan fingerprint density at radius 1 is 0.769 bits per heavy atom. The van der Waals surface area contributed by atoms with Crippen LogP contribution >= 0.6 is 0 Å². The van der Waals surface area contributed by atoms with E-state index < -0.39 is 11.8 Å². The highest BCUT2D eigenvalue weighted by Crippen LogP contribution is 2.19. The molecule has 0 aliphatic carbocycles. The van der Waals surface area contributed by atoms with E-state index in [0.29, 0.717) is 37.3 Å². The van der Waals surface area contributed by atoms with Crippen molar-refractivity contribution in [3.8, 4) is 0 Å². The van der Waals surface area contributed by atoms with Gasteiger partial charge in [0.1, 0.15) is 11.8 Å². The van der Waals surface area contributed by atoms with Crippen LogP contribution < -0.4 is 21.3 Å². The van der Waals surface area contributed by atoms with Gasteiger partial charge in [0, 0.05) is 24.5 Å². The Labute approximate surface area is 151 Å². The maximum absolute atomic E-state index is 12.2. The van der Waals surface area contributed by atoms with Crippen molar-refractivity contribution in [3.63, 3.8) is 0 Å². The first-order valence-electron chi connectivity index (χ1n) is 8.82. The average Bonchev–Trinajstić information content (AvgIpc) is 2.64. The van der Waals surface area contributed by atoms with Gasteiger partial charge in [-0.15, -0.1) is 0 Å². The summed E-state index contributed by atoms with van der Waals surface area (Å²) in [5.41, 5.74) is 1.09. The zero-order valence-electron chi connectivity index (χ0n) is 14.3. The SMILES string of the molecule is O=C1NCCC[C@H]1C(=O)Nc1ccc(NC(=O)[C@H]2CCCNC2=O)cc1. The van der Waals surface area contributed by atoms with E-state index in [1.807, 2.05) is 0 Å². The Kier molecular flexibility index (Phi) is 5.50. The van der Waals surface area contributed by atoms with Gasteiger partial charge in [-0.25, -0.2) is 0 Å². The van der Waals surface area contributed by atoms with E-state index in [4.69, 9.17) is 0 Å². The summed E-state index contributed by atoms with van der Waals surface area (Å²) in [5, 5.41) is 10.8. The molecule has 2 aliphatic rings. The van der Waals surface area contributed by atoms with Crippen molar-refractivity contribution in [1.29, 1.82) is 0 Å². The Bertz CT molecular complexity index is 655. The van der Waals surface area contributed by atoms with Crippen molar-refractivity contribution >= 4 is 35.0 Å². The van der Waals surface area contributed by atoms with Crippen molar-refractivity contribution in [2.24, 2.45) is 11.8 Å². The lowest BCUT2D eigenvalue weighted by atomic mass is 9.97. The quantitative estimate of drug-likeness (QED) is 0.590. The second kappa shape index (κ2) is 7.99. The first-order valence-corrected chi connectivity index (χ1v) is 8.82. The summed E-state index contributed by atoms with van der Waals surface area (Å²) >= 11 is 0. The molecule has 0 radical (unpaired) electrons. The van der Waals surface area contributed by atoms with Gasteiger partial charge < -0.3 is 21.3 Å². The van der Waals surface area contributed by atoms with Crippen LogP contribution in [0.1, 0.15) is 25.7 Å². The molecule has 8 nitrogen and oxygen atoms in total. The maximum Gasteiger partial charge on any atom is 0.236 e. The van der Waals surface area contributed by atoms with Gasteiger partial charge in [0.25, 0.3) is 0 Å². The van der Waals surface area contributed by atoms with Crippen LogP contribution in [0.25, 0.3) is 0 Å². The number of piperidine rings is 2. The van der Waals surface area contributed by atoms with Gasteiger partial charge in [0.15, 0.2) is 0 Å². The Balaban J connectivity index is 1.56. The van der Waals surface area contributed by atoms with Gasteiger partial charge in [-0.05, 0) is 49.9 Å². The number of carbonyl (C=O) groups excluding carboxylic acids is 4. The molecule has 2 fully saturated rings. The number of amides is 4. The lowest BCUT2D eigenvalue weighted by molar-refractivity contribution is -0.135. The van der Waals surface area contributed by atoms with E-state index in [2.05, 4.69) is 21.3 Å². The average molecular weight is 358 g/mol. The number of nitrogens with one attached hydrogen (secondary N) is 4. The summed E-state index contributed by atoms with van der Waals surface area (Å²) in [4.78, 5) is 47.8. The van der Waals surface area contributed by atoms with E-state index >= 15 is 0 Å². The highest BCUT2D eigenvalue weighted by Gasteiger charge is 2.30. The van der Waals surface area contributed by atoms with Crippen molar-refractivity contribution in [1.82, 2.24) is 10.6 Å². The number of carbonyl (C=O) groups is 4. The molecule has 8 heteroatoms. The molecule has 1 aromatic rings. The molecule has 4 amide bonds. The number of rotatable bonds is 4. The normalized spacial score (nSPS) is 22.8. The van der Waals surface area contributed by atoms with Gasteiger partial charge in [0.05, 0.1) is 0 Å². The molecule has 26 heavy (non-hydrogen) atoms. The van der Waals surface area contributed by atoms with Crippen LogP contribution in [-0.4, -0.2) is 36.7 Å². The molecule has 0 bridgehead atoms. The molecule has 2 heterocycles. The molecule has 2 aliphatic heterocycles. The molecule has 0 unspecified atom stereocenters. The first-order chi connectivity index (χ1) is 12.5. The fourth-order valence-corrected chi connectivity index (χ4v) is 3.14. The zero-order valence-corrected chi connectivity index (χ0v) is 14.3. The minimum Gasteiger partial charge on any atom is -0.355 e. The first kappa shape index (κ1) is 17.9. The molecule has 1 aromatic carbocycles. The summed E-state index contributed by atoms with van der Waals surface area (Å²) in [7, 11) is 0. The highest BCUT2D eigenvalue weighted by atomic mass is 16.2. The maximum atomic E-state index is 12.2. The summed E-state index contributed by atoms with van der Waals surface area (Å²) in [5.74, 6) is -2.51. The molecule has 3 rings (SSSR count). The van der Waals surface area contributed by atoms with Crippen LogP contribution in [-0.2, 0) is 19.2 Å². The molecule has 2 saturated heterocycles. The highest BCUT2D eigenvalue weighted by molar-refractivity contribution is 6.08. The lowest BCUT2D eigenvalue weighted by Gasteiger charge is -2.21. The number of benzene rings is 1. The second-order valence-corrected chi connectivity index (χ2v) is 6.53. The predicted molar refractivity (Wildman–Crippen MR) is 95.2 cm³/mol. The molecular weight excluding hydrogens is 336 g/mol. The monoisotopic (exact) mass is 358 g/mol. The van der Waals surface area contributed by atoms with Gasteiger partial charge in [-0.2, -0.15) is 0 Å². The van der Waals surface area contributed by atoms with Crippen LogP contribution in [0.4, 0.5) is 11.4 Å². The molecule has 138 valence electrons. The van der Waals surface area contributed by atoms with E-state index in [9.17, 15) is 19.2 Å². The zero-order chi connectivity index (χ0) is 18.5. The van der Waals surface area contributed by atoms with E-state index in [1.165, 1.54) is 0 Å². The summed E-state index contributed by atoms with van der Waals surface area (Å²) < 4.78 is 0. The third-order valence-electron chi connectivity index (χ3n) is 4.62. The molecule has 0 aromatic heterocycles. The summed E-state index contributed by atoms with van der Waals surface area (Å²) in [6.45, 7) is 1.21. The second-order valence-electron chi connectivity index (χ2n) is 6.53. The van der Waals surface area contributed by atoms with E-state index in [1.54, 1.807) is 24.3 Å². The Morgan fingerprint density at radius 2 is 1.15 bits per heavy atom. The number of hydrogen-bond donors (Lipinski definition) is 4. The van der Waals surface area contributed by atoms with Crippen molar-refractivity contribution < 1.29 is 19.2 Å². The lowest BCUT2D eigenvalue weighted by Crippen LogP contribution is -2.42. The van der Waals surface area contributed by atoms with E-state index in [0.717, 1.165) is 12.8 Å². The number of anilines is 2. The fraction of sp³-hybridized carbons (Fsp3) is 0.444. The molecule has 2 atom stereocenters. The van der Waals surface area contributed by atoms with Gasteiger partial charge in [-0.3, -0.25) is 19.2 Å². The standard InChI is InChI=1S/C18H22N4O4/c23-15-13(3-1-9-19-15)17(25)21-11-5-7-12(8-6-11)22-18(26)14-4-2-10-20-16(14)24/h5-8,13-14H,1-4,9-10H2,(H,19,23)(H,20,24)(H,21,25)(H,22,26)/t13-,14+. The van der Waals surface area contributed by atoms with Crippen LogP contribution in [0.3, 0.4) is 0 Å². The largest absolute Gasteiger partial charge is 0.355 e. The summed E-state index contributed by atoms with van der Waals surface area (Å²) in [6, 6.07) is 6.59. The van der Waals surface area contributed by atoms with Gasteiger partial charge >= 0.3 is 0 Å². The third-order valence-corrected chi connectivity index (χ3v) is 4.62. The van der Waals surface area contributed by atoms with Gasteiger partial charge in [0.2, 0.25) is 23.6 Å².